The number of ether oxygens (including phenoxy) is 1. The first kappa shape index (κ1) is 16.2. The van der Waals surface area contributed by atoms with E-state index in [0.717, 1.165) is 25.2 Å². The van der Waals surface area contributed by atoms with Gasteiger partial charge in [-0.15, -0.1) is 0 Å². The molecule has 1 N–H and O–H groups in total. The predicted octanol–water partition coefficient (Wildman–Crippen LogP) is 2.37. The first-order chi connectivity index (χ1) is 10.8. The number of benzene rings is 1. The third-order valence-electron chi connectivity index (χ3n) is 4.42. The van der Waals surface area contributed by atoms with E-state index >= 15 is 0 Å². The van der Waals surface area contributed by atoms with Crippen LogP contribution in [0.3, 0.4) is 0 Å². The first-order valence-electron chi connectivity index (χ1n) is 7.71. The Kier molecular flexibility index (Phi) is 4.29. The van der Waals surface area contributed by atoms with Crippen molar-refractivity contribution >= 4 is 21.2 Å². The fourth-order valence-corrected chi connectivity index (χ4v) is 3.63. The molecule has 8 heteroatoms. The molecule has 0 radical (unpaired) electrons. The van der Waals surface area contributed by atoms with Gasteiger partial charge in [-0.3, -0.25) is 10.1 Å². The maximum Gasteiger partial charge on any atom is 0.293 e. The van der Waals surface area contributed by atoms with Gasteiger partial charge in [0.25, 0.3) is 5.69 Å². The zero-order chi connectivity index (χ0) is 16.6. The second-order valence-corrected chi connectivity index (χ2v) is 8.34. The smallest absolute Gasteiger partial charge is 0.293 e. The van der Waals surface area contributed by atoms with Crippen molar-refractivity contribution < 1.29 is 18.1 Å². The van der Waals surface area contributed by atoms with E-state index in [-0.39, 0.29) is 22.7 Å². The van der Waals surface area contributed by atoms with Crippen molar-refractivity contribution in [1.82, 2.24) is 0 Å². The first-order valence-corrected chi connectivity index (χ1v) is 9.60. The van der Waals surface area contributed by atoms with Crippen LogP contribution in [0.5, 0.6) is 0 Å². The van der Waals surface area contributed by atoms with E-state index in [4.69, 9.17) is 4.74 Å². The van der Waals surface area contributed by atoms with Gasteiger partial charge in [0.2, 0.25) is 0 Å². The molecule has 0 bridgehead atoms. The Labute approximate surface area is 135 Å². The Balaban J connectivity index is 1.80. The predicted molar refractivity (Wildman–Crippen MR) is 85.3 cm³/mol. The van der Waals surface area contributed by atoms with Gasteiger partial charge in [0, 0.05) is 25.0 Å². The molecule has 1 saturated carbocycles. The zero-order valence-corrected chi connectivity index (χ0v) is 13.7. The summed E-state index contributed by atoms with van der Waals surface area (Å²) in [7, 11) is -3.47. The fourth-order valence-electron chi connectivity index (χ4n) is 2.99. The second-order valence-electron chi connectivity index (χ2n) is 6.32. The standard InChI is InChI=1S/C15H20N2O5S/c1-23(20,21)12-4-5-13(14(9-12)17(18)19)16-11-6-7-22-15(8-11)10-2-3-10/h4-5,9-11,15-16H,2-3,6-8H2,1H3. The Morgan fingerprint density at radius 1 is 1.30 bits per heavy atom. The van der Waals surface area contributed by atoms with Gasteiger partial charge in [-0.05, 0) is 43.7 Å². The number of nitrogens with zero attached hydrogens (tertiary/aromatic N) is 1. The average molecular weight is 340 g/mol. The molecular weight excluding hydrogens is 320 g/mol. The monoisotopic (exact) mass is 340 g/mol. The maximum absolute atomic E-state index is 11.6. The van der Waals surface area contributed by atoms with Crippen LogP contribution in [0.2, 0.25) is 0 Å². The largest absolute Gasteiger partial charge is 0.378 e. The van der Waals surface area contributed by atoms with Gasteiger partial charge in [0.05, 0.1) is 15.9 Å². The Hall–Kier alpha value is -1.67. The fraction of sp³-hybridized carbons (Fsp3) is 0.600. The van der Waals surface area contributed by atoms with Gasteiger partial charge < -0.3 is 10.1 Å². The highest BCUT2D eigenvalue weighted by Crippen LogP contribution is 2.39. The number of rotatable bonds is 5. The molecule has 0 amide bonds. The summed E-state index contributed by atoms with van der Waals surface area (Å²) < 4.78 is 28.9. The molecule has 2 unspecified atom stereocenters. The topological polar surface area (TPSA) is 98.5 Å². The highest BCUT2D eigenvalue weighted by atomic mass is 32.2. The molecule has 0 aromatic heterocycles. The van der Waals surface area contributed by atoms with Crippen LogP contribution in [0.15, 0.2) is 23.1 Å². The molecule has 7 nitrogen and oxygen atoms in total. The van der Waals surface area contributed by atoms with Crippen molar-refractivity contribution in [2.45, 2.75) is 42.7 Å². The molecule has 3 rings (SSSR count). The summed E-state index contributed by atoms with van der Waals surface area (Å²) in [5, 5.41) is 14.5. The SMILES string of the molecule is CS(=O)(=O)c1ccc(NC2CCOC(C3CC3)C2)c([N+](=O)[O-])c1. The molecule has 1 heterocycles. The van der Waals surface area contributed by atoms with Crippen molar-refractivity contribution in [3.05, 3.63) is 28.3 Å². The van der Waals surface area contributed by atoms with E-state index < -0.39 is 14.8 Å². The number of hydrogen-bond donors (Lipinski definition) is 1. The van der Waals surface area contributed by atoms with Crippen LogP contribution in [0.25, 0.3) is 0 Å². The molecule has 2 atom stereocenters. The average Bonchev–Trinajstić information content (AvgIpc) is 3.31. The molecule has 1 aromatic rings. The van der Waals surface area contributed by atoms with Crippen molar-refractivity contribution in [3.63, 3.8) is 0 Å². The molecular formula is C15H20N2O5S. The van der Waals surface area contributed by atoms with E-state index in [0.29, 0.717) is 18.2 Å². The molecule has 1 aromatic carbocycles. The number of nitro benzene ring substituents is 1. The Bertz CT molecular complexity index is 715. The molecule has 1 aliphatic carbocycles. The van der Waals surface area contributed by atoms with Crippen LogP contribution < -0.4 is 5.32 Å². The maximum atomic E-state index is 11.6. The Morgan fingerprint density at radius 3 is 2.65 bits per heavy atom. The summed E-state index contributed by atoms with van der Waals surface area (Å²) in [6.45, 7) is 0.647. The molecule has 126 valence electrons. The summed E-state index contributed by atoms with van der Waals surface area (Å²) in [6.07, 6.45) is 5.28. The van der Waals surface area contributed by atoms with Crippen molar-refractivity contribution in [1.29, 1.82) is 0 Å². The highest BCUT2D eigenvalue weighted by molar-refractivity contribution is 7.90. The number of hydrogen-bond acceptors (Lipinski definition) is 6. The van der Waals surface area contributed by atoms with Crippen LogP contribution in [-0.4, -0.2) is 38.3 Å². The molecule has 2 fully saturated rings. The van der Waals surface area contributed by atoms with Gasteiger partial charge in [0.1, 0.15) is 5.69 Å². The van der Waals surface area contributed by atoms with Crippen molar-refractivity contribution in [3.8, 4) is 0 Å². The molecule has 1 aliphatic heterocycles. The Morgan fingerprint density at radius 2 is 2.04 bits per heavy atom. The van der Waals surface area contributed by atoms with Crippen LogP contribution in [0, 0.1) is 16.0 Å². The minimum atomic E-state index is -3.47. The lowest BCUT2D eigenvalue weighted by Gasteiger charge is -2.30. The molecule has 2 aliphatic rings. The van der Waals surface area contributed by atoms with Crippen LogP contribution >= 0.6 is 0 Å². The van der Waals surface area contributed by atoms with E-state index in [2.05, 4.69) is 5.32 Å². The lowest BCUT2D eigenvalue weighted by atomic mass is 9.99. The summed E-state index contributed by atoms with van der Waals surface area (Å²) in [5.74, 6) is 0.627. The van der Waals surface area contributed by atoms with Gasteiger partial charge in [0.15, 0.2) is 9.84 Å². The normalized spacial score (nSPS) is 25.1. The van der Waals surface area contributed by atoms with E-state index in [1.165, 1.54) is 25.0 Å². The lowest BCUT2D eigenvalue weighted by Crippen LogP contribution is -2.35. The number of nitrogens with one attached hydrogen (secondary N) is 1. The number of nitro groups is 1. The molecule has 0 spiro atoms. The van der Waals surface area contributed by atoms with Gasteiger partial charge in [-0.2, -0.15) is 0 Å². The summed E-state index contributed by atoms with van der Waals surface area (Å²) in [5.41, 5.74) is 0.159. The minimum Gasteiger partial charge on any atom is -0.378 e. The zero-order valence-electron chi connectivity index (χ0n) is 12.9. The van der Waals surface area contributed by atoms with Crippen molar-refractivity contribution in [2.24, 2.45) is 5.92 Å². The lowest BCUT2D eigenvalue weighted by molar-refractivity contribution is -0.384. The molecule has 1 saturated heterocycles. The van der Waals surface area contributed by atoms with Crippen LogP contribution in [0.4, 0.5) is 11.4 Å². The van der Waals surface area contributed by atoms with E-state index in [1.54, 1.807) is 0 Å². The van der Waals surface area contributed by atoms with Crippen molar-refractivity contribution in [2.75, 3.05) is 18.2 Å². The second kappa shape index (κ2) is 6.09. The summed E-state index contributed by atoms with van der Waals surface area (Å²) >= 11 is 0. The third-order valence-corrected chi connectivity index (χ3v) is 5.53. The van der Waals surface area contributed by atoms with E-state index in [1.807, 2.05) is 0 Å². The number of anilines is 1. The summed E-state index contributed by atoms with van der Waals surface area (Å²) in [6, 6.07) is 4.12. The third kappa shape index (κ3) is 3.81. The summed E-state index contributed by atoms with van der Waals surface area (Å²) in [4.78, 5) is 10.7. The number of sulfone groups is 1. The van der Waals surface area contributed by atoms with Gasteiger partial charge >= 0.3 is 0 Å². The van der Waals surface area contributed by atoms with E-state index in [9.17, 15) is 18.5 Å². The highest BCUT2D eigenvalue weighted by Gasteiger charge is 2.36. The van der Waals surface area contributed by atoms with Crippen LogP contribution in [0.1, 0.15) is 25.7 Å². The minimum absolute atomic E-state index is 0.0439. The quantitative estimate of drug-likeness (QED) is 0.652. The van der Waals surface area contributed by atoms with Gasteiger partial charge in [-0.25, -0.2) is 8.42 Å². The molecule has 23 heavy (non-hydrogen) atoms. The van der Waals surface area contributed by atoms with Crippen LogP contribution in [-0.2, 0) is 14.6 Å². The van der Waals surface area contributed by atoms with Gasteiger partial charge in [-0.1, -0.05) is 0 Å².